The summed E-state index contributed by atoms with van der Waals surface area (Å²) in [6, 6.07) is 0. The third kappa shape index (κ3) is 3.56. The normalized spacial score (nSPS) is 10.2. The minimum atomic E-state index is -0.453. The predicted molar refractivity (Wildman–Crippen MR) is 60.5 cm³/mol. The smallest absolute Gasteiger partial charge is 0.411 e. The summed E-state index contributed by atoms with van der Waals surface area (Å²) in [5.41, 5.74) is 1.25. The van der Waals surface area contributed by atoms with Crippen molar-refractivity contribution in [2.75, 3.05) is 11.9 Å². The van der Waals surface area contributed by atoms with Gasteiger partial charge >= 0.3 is 6.09 Å². The lowest BCUT2D eigenvalue weighted by Crippen LogP contribution is -2.15. The molecule has 5 nitrogen and oxygen atoms in total. The van der Waals surface area contributed by atoms with Gasteiger partial charge in [0.25, 0.3) is 0 Å². The number of aryl methyl sites for hydroxylation is 2. The highest BCUT2D eigenvalue weighted by Crippen LogP contribution is 2.18. The van der Waals surface area contributed by atoms with Gasteiger partial charge in [0.2, 0.25) is 0 Å². The fourth-order valence-corrected chi connectivity index (χ4v) is 1.32. The molecule has 1 N–H and O–H groups in total. The molecular weight excluding hydrogens is 208 g/mol. The summed E-state index contributed by atoms with van der Waals surface area (Å²) in [5.74, 6) is 0.586. The van der Waals surface area contributed by atoms with Crippen LogP contribution >= 0.6 is 0 Å². The highest BCUT2D eigenvalue weighted by molar-refractivity contribution is 5.85. The largest absolute Gasteiger partial charge is 0.449 e. The zero-order valence-electron chi connectivity index (χ0n) is 10.0. The molecule has 1 rings (SSSR count). The summed E-state index contributed by atoms with van der Waals surface area (Å²) in [4.78, 5) is 11.4. The van der Waals surface area contributed by atoms with Crippen LogP contribution < -0.4 is 5.32 Å². The number of hydrogen-bond donors (Lipinski definition) is 1. The Labute approximate surface area is 95.1 Å². The molecule has 1 heterocycles. The molecule has 1 amide bonds. The minimum Gasteiger partial charge on any atom is -0.449 e. The van der Waals surface area contributed by atoms with Gasteiger partial charge in [-0.3, -0.25) is 5.32 Å². The average molecular weight is 226 g/mol. The molecule has 1 aromatic rings. The van der Waals surface area contributed by atoms with Crippen molar-refractivity contribution >= 4 is 11.8 Å². The lowest BCUT2D eigenvalue weighted by Gasteiger charge is -2.05. The molecular formula is C11H18N2O3. The van der Waals surface area contributed by atoms with Gasteiger partial charge < -0.3 is 9.26 Å². The van der Waals surface area contributed by atoms with E-state index in [0.29, 0.717) is 23.7 Å². The summed E-state index contributed by atoms with van der Waals surface area (Å²) >= 11 is 0. The van der Waals surface area contributed by atoms with E-state index < -0.39 is 6.09 Å². The molecule has 0 fully saturated rings. The summed E-state index contributed by atoms with van der Waals surface area (Å²) in [6.45, 7) is 6.06. The molecule has 1 aromatic heterocycles. The van der Waals surface area contributed by atoms with E-state index >= 15 is 0 Å². The zero-order valence-corrected chi connectivity index (χ0v) is 10.0. The van der Waals surface area contributed by atoms with Crippen molar-refractivity contribution in [2.45, 2.75) is 40.0 Å². The third-order valence-electron chi connectivity index (χ3n) is 2.24. The van der Waals surface area contributed by atoms with Crippen molar-refractivity contribution < 1.29 is 14.1 Å². The van der Waals surface area contributed by atoms with Crippen molar-refractivity contribution in [1.82, 2.24) is 5.16 Å². The molecule has 16 heavy (non-hydrogen) atoms. The van der Waals surface area contributed by atoms with Gasteiger partial charge in [0.1, 0.15) is 11.4 Å². The summed E-state index contributed by atoms with van der Waals surface area (Å²) in [6.07, 6.45) is 2.62. The van der Waals surface area contributed by atoms with Crippen LogP contribution in [0.4, 0.5) is 10.5 Å². The number of unbranched alkanes of at least 4 members (excludes halogenated alkanes) is 2. The zero-order chi connectivity index (χ0) is 12.0. The maximum absolute atomic E-state index is 11.4. The number of carbonyl (C=O) groups is 1. The van der Waals surface area contributed by atoms with Crippen LogP contribution in [0.3, 0.4) is 0 Å². The summed E-state index contributed by atoms with van der Waals surface area (Å²) < 4.78 is 9.93. The molecule has 0 atom stereocenters. The second-order valence-electron chi connectivity index (χ2n) is 3.67. The molecule has 90 valence electrons. The van der Waals surface area contributed by atoms with Crippen molar-refractivity contribution in [3.8, 4) is 0 Å². The topological polar surface area (TPSA) is 64.4 Å². The Morgan fingerprint density at radius 1 is 1.44 bits per heavy atom. The summed E-state index contributed by atoms with van der Waals surface area (Å²) in [7, 11) is 0. The van der Waals surface area contributed by atoms with E-state index in [-0.39, 0.29) is 0 Å². The molecule has 0 bridgehead atoms. The van der Waals surface area contributed by atoms with Crippen molar-refractivity contribution in [2.24, 2.45) is 0 Å². The fraction of sp³-hybridized carbons (Fsp3) is 0.636. The Morgan fingerprint density at radius 2 is 2.19 bits per heavy atom. The van der Waals surface area contributed by atoms with E-state index in [9.17, 15) is 4.79 Å². The SMILES string of the molecule is CCCCCOC(=O)Nc1c(C)noc1C. The Balaban J connectivity index is 2.34. The van der Waals surface area contributed by atoms with Gasteiger partial charge in [-0.25, -0.2) is 4.79 Å². The molecule has 0 aliphatic heterocycles. The Bertz CT molecular complexity index is 327. The minimum absolute atomic E-state index is 0.447. The van der Waals surface area contributed by atoms with E-state index in [1.165, 1.54) is 0 Å². The van der Waals surface area contributed by atoms with Crippen LogP contribution in [-0.2, 0) is 4.74 Å². The number of hydrogen-bond acceptors (Lipinski definition) is 4. The number of nitrogens with one attached hydrogen (secondary N) is 1. The van der Waals surface area contributed by atoms with Crippen LogP contribution in [0, 0.1) is 13.8 Å². The fourth-order valence-electron chi connectivity index (χ4n) is 1.32. The van der Waals surface area contributed by atoms with Crippen molar-refractivity contribution in [1.29, 1.82) is 0 Å². The van der Waals surface area contributed by atoms with E-state index in [2.05, 4.69) is 17.4 Å². The third-order valence-corrected chi connectivity index (χ3v) is 2.24. The monoisotopic (exact) mass is 226 g/mol. The van der Waals surface area contributed by atoms with Crippen molar-refractivity contribution in [3.05, 3.63) is 11.5 Å². The second-order valence-corrected chi connectivity index (χ2v) is 3.67. The Kier molecular flexibility index (Phi) is 4.82. The van der Waals surface area contributed by atoms with E-state index in [0.717, 1.165) is 19.3 Å². The van der Waals surface area contributed by atoms with Gasteiger partial charge in [0.05, 0.1) is 6.61 Å². The molecule has 0 aliphatic rings. The molecule has 5 heteroatoms. The second kappa shape index (κ2) is 6.15. The number of amides is 1. The Morgan fingerprint density at radius 3 is 2.75 bits per heavy atom. The highest BCUT2D eigenvalue weighted by Gasteiger charge is 2.12. The van der Waals surface area contributed by atoms with Crippen LogP contribution in [0.5, 0.6) is 0 Å². The first-order chi connectivity index (χ1) is 7.65. The predicted octanol–water partition coefficient (Wildman–Crippen LogP) is 3.03. The maximum Gasteiger partial charge on any atom is 0.411 e. The molecule has 0 aromatic carbocycles. The first kappa shape index (κ1) is 12.5. The lowest BCUT2D eigenvalue weighted by molar-refractivity contribution is 0.159. The lowest BCUT2D eigenvalue weighted by atomic mass is 10.3. The molecule has 0 unspecified atom stereocenters. The number of rotatable bonds is 5. The van der Waals surface area contributed by atoms with Crippen LogP contribution in [0.15, 0.2) is 4.52 Å². The van der Waals surface area contributed by atoms with Crippen LogP contribution in [0.1, 0.15) is 37.6 Å². The van der Waals surface area contributed by atoms with Gasteiger partial charge in [-0.15, -0.1) is 0 Å². The quantitative estimate of drug-likeness (QED) is 0.784. The van der Waals surface area contributed by atoms with Crippen LogP contribution in [0.2, 0.25) is 0 Å². The average Bonchev–Trinajstić information content (AvgIpc) is 2.56. The van der Waals surface area contributed by atoms with E-state index in [4.69, 9.17) is 9.26 Å². The van der Waals surface area contributed by atoms with Crippen LogP contribution in [-0.4, -0.2) is 17.9 Å². The number of anilines is 1. The van der Waals surface area contributed by atoms with E-state index in [1.807, 2.05) is 0 Å². The van der Waals surface area contributed by atoms with Gasteiger partial charge in [0.15, 0.2) is 5.76 Å². The molecule has 0 saturated carbocycles. The molecule has 0 spiro atoms. The van der Waals surface area contributed by atoms with E-state index in [1.54, 1.807) is 13.8 Å². The number of ether oxygens (including phenoxy) is 1. The number of carbonyl (C=O) groups excluding carboxylic acids is 1. The maximum atomic E-state index is 11.4. The van der Waals surface area contributed by atoms with Gasteiger partial charge in [-0.05, 0) is 20.3 Å². The van der Waals surface area contributed by atoms with Gasteiger partial charge in [-0.2, -0.15) is 0 Å². The van der Waals surface area contributed by atoms with Gasteiger partial charge in [-0.1, -0.05) is 24.9 Å². The standard InChI is InChI=1S/C11H18N2O3/c1-4-5-6-7-15-11(14)12-10-8(2)13-16-9(10)3/h4-7H2,1-3H3,(H,12,14). The van der Waals surface area contributed by atoms with Gasteiger partial charge in [0, 0.05) is 0 Å². The first-order valence-electron chi connectivity index (χ1n) is 5.51. The highest BCUT2D eigenvalue weighted by atomic mass is 16.5. The van der Waals surface area contributed by atoms with Crippen LogP contribution in [0.25, 0.3) is 0 Å². The number of aromatic nitrogens is 1. The molecule has 0 aliphatic carbocycles. The molecule has 0 saturated heterocycles. The summed E-state index contributed by atoms with van der Waals surface area (Å²) in [5, 5.41) is 6.35. The van der Waals surface area contributed by atoms with Crippen molar-refractivity contribution in [3.63, 3.8) is 0 Å². The first-order valence-corrected chi connectivity index (χ1v) is 5.51. The number of nitrogens with zero attached hydrogens (tertiary/aromatic N) is 1. The molecule has 0 radical (unpaired) electrons. The Hall–Kier alpha value is -1.52.